The number of phenols is 1. The molecule has 0 bridgehead atoms. The van der Waals surface area contributed by atoms with Crippen LogP contribution in [0.25, 0.3) is 10.9 Å². The number of aromatic amines is 1. The summed E-state index contributed by atoms with van der Waals surface area (Å²) in [4.78, 5) is 14.7. The molecule has 3 aromatic rings. The van der Waals surface area contributed by atoms with Crippen molar-refractivity contribution < 1.29 is 19.7 Å². The number of benzene rings is 2. The zero-order valence-electron chi connectivity index (χ0n) is 12.9. The van der Waals surface area contributed by atoms with Crippen LogP contribution in [-0.4, -0.2) is 28.2 Å². The number of fused-ring (bicyclic) bond motifs is 1. The molecule has 0 saturated carbocycles. The fourth-order valence-corrected chi connectivity index (χ4v) is 2.30. The molecule has 24 heavy (non-hydrogen) atoms. The molecule has 0 aliphatic heterocycles. The highest BCUT2D eigenvalue weighted by Crippen LogP contribution is 2.37. The fourth-order valence-electron chi connectivity index (χ4n) is 2.30. The van der Waals surface area contributed by atoms with Gasteiger partial charge in [0, 0.05) is 5.39 Å². The monoisotopic (exact) mass is 325 g/mol. The summed E-state index contributed by atoms with van der Waals surface area (Å²) >= 11 is 0. The lowest BCUT2D eigenvalue weighted by Crippen LogP contribution is -1.97. The summed E-state index contributed by atoms with van der Waals surface area (Å²) in [6.07, 6.45) is 0.0518. The van der Waals surface area contributed by atoms with Crippen LogP contribution in [-0.2, 0) is 11.2 Å². The van der Waals surface area contributed by atoms with Crippen molar-refractivity contribution in [3.05, 3.63) is 48.0 Å². The minimum atomic E-state index is -0.461. The number of methoxy groups -OCH3 is 1. The second kappa shape index (κ2) is 6.41. The molecule has 0 spiro atoms. The first-order valence-corrected chi connectivity index (χ1v) is 7.18. The van der Waals surface area contributed by atoms with Crippen molar-refractivity contribution in [1.29, 1.82) is 0 Å². The Kier molecular flexibility index (Phi) is 4.15. The number of carbonyl (C=O) groups excluding carboxylic acids is 1. The molecule has 2 aromatic carbocycles. The number of rotatable bonds is 4. The number of aromatic hydroxyl groups is 2. The summed E-state index contributed by atoms with van der Waals surface area (Å²) in [5.74, 6) is 0.107. The second-order valence-electron chi connectivity index (χ2n) is 5.17. The van der Waals surface area contributed by atoms with Gasteiger partial charge in [0.2, 0.25) is 5.88 Å². The first-order valence-electron chi connectivity index (χ1n) is 7.18. The van der Waals surface area contributed by atoms with E-state index >= 15 is 0 Å². The van der Waals surface area contributed by atoms with Crippen molar-refractivity contribution in [1.82, 2.24) is 4.98 Å². The van der Waals surface area contributed by atoms with E-state index in [-0.39, 0.29) is 23.7 Å². The maximum atomic E-state index is 11.9. The highest BCUT2D eigenvalue weighted by molar-refractivity contribution is 5.95. The van der Waals surface area contributed by atoms with Crippen molar-refractivity contribution in [2.75, 3.05) is 7.11 Å². The van der Waals surface area contributed by atoms with E-state index in [0.29, 0.717) is 22.2 Å². The lowest BCUT2D eigenvalue weighted by molar-refractivity contribution is -0.117. The molecule has 7 nitrogen and oxygen atoms in total. The molecule has 0 unspecified atom stereocenters. The van der Waals surface area contributed by atoms with E-state index in [1.54, 1.807) is 30.3 Å². The van der Waals surface area contributed by atoms with Crippen LogP contribution in [0.1, 0.15) is 5.56 Å². The molecule has 0 saturated heterocycles. The maximum absolute atomic E-state index is 11.9. The minimum Gasteiger partial charge on any atom is -0.508 e. The average Bonchev–Trinajstić information content (AvgIpc) is 2.89. The number of hydrogen-bond acceptors (Lipinski definition) is 5. The predicted molar refractivity (Wildman–Crippen MR) is 87.8 cm³/mol. The van der Waals surface area contributed by atoms with Gasteiger partial charge in [-0.1, -0.05) is 12.1 Å². The molecule has 0 radical (unpaired) electrons. The van der Waals surface area contributed by atoms with Crippen molar-refractivity contribution in [3.63, 3.8) is 0 Å². The standard InChI is InChI=1S/C17H15N3O4/c1-24-12-6-7-14-13(9-12)16(17(23)18-14)20-19-15(22)8-10-2-4-11(21)5-3-10/h2-7,9,18,21,23H,8H2,1H3. The summed E-state index contributed by atoms with van der Waals surface area (Å²) in [6.45, 7) is 0. The smallest absolute Gasteiger partial charge is 0.269 e. The topological polar surface area (TPSA) is 107 Å². The molecule has 1 aromatic heterocycles. The quantitative estimate of drug-likeness (QED) is 0.639. The lowest BCUT2D eigenvalue weighted by Gasteiger charge is -1.99. The van der Waals surface area contributed by atoms with Gasteiger partial charge in [0.15, 0.2) is 5.69 Å². The molecule has 0 fully saturated rings. The molecule has 3 N–H and O–H groups in total. The van der Waals surface area contributed by atoms with Crippen molar-refractivity contribution >= 4 is 22.5 Å². The Hall–Kier alpha value is -3.35. The van der Waals surface area contributed by atoms with Crippen LogP contribution in [0.15, 0.2) is 52.7 Å². The average molecular weight is 325 g/mol. The predicted octanol–water partition coefficient (Wildman–Crippen LogP) is 3.44. The minimum absolute atomic E-state index is 0.0518. The Morgan fingerprint density at radius 3 is 2.62 bits per heavy atom. The van der Waals surface area contributed by atoms with Crippen LogP contribution < -0.4 is 4.74 Å². The van der Waals surface area contributed by atoms with Gasteiger partial charge in [-0.15, -0.1) is 10.2 Å². The van der Waals surface area contributed by atoms with Gasteiger partial charge in [-0.05, 0) is 35.9 Å². The van der Waals surface area contributed by atoms with E-state index in [9.17, 15) is 15.0 Å². The first-order chi connectivity index (χ1) is 11.6. The van der Waals surface area contributed by atoms with Gasteiger partial charge in [0.25, 0.3) is 5.91 Å². The number of carbonyl (C=O) groups is 1. The SMILES string of the molecule is COc1ccc2[nH]c(O)c(N=NC(=O)Cc3ccc(O)cc3)c2c1. The Balaban J connectivity index is 1.83. The third-order valence-electron chi connectivity index (χ3n) is 3.51. The zero-order chi connectivity index (χ0) is 17.1. The van der Waals surface area contributed by atoms with Gasteiger partial charge in [-0.3, -0.25) is 4.79 Å². The second-order valence-corrected chi connectivity index (χ2v) is 5.17. The number of H-pyrrole nitrogens is 1. The molecular weight excluding hydrogens is 310 g/mol. The Labute approximate surface area is 137 Å². The molecule has 122 valence electrons. The van der Waals surface area contributed by atoms with Crippen LogP contribution in [0.4, 0.5) is 5.69 Å². The van der Waals surface area contributed by atoms with E-state index in [1.165, 1.54) is 19.2 Å². The van der Waals surface area contributed by atoms with Gasteiger partial charge < -0.3 is 19.9 Å². The number of hydrogen-bond donors (Lipinski definition) is 3. The normalized spacial score (nSPS) is 11.2. The number of aromatic nitrogens is 1. The molecule has 7 heteroatoms. The number of phenolic OH excluding ortho intramolecular Hbond substituents is 1. The van der Waals surface area contributed by atoms with Crippen molar-refractivity contribution in [2.45, 2.75) is 6.42 Å². The molecule has 0 atom stereocenters. The van der Waals surface area contributed by atoms with E-state index in [1.807, 2.05) is 0 Å². The van der Waals surface area contributed by atoms with Crippen LogP contribution in [0.5, 0.6) is 17.4 Å². The van der Waals surface area contributed by atoms with Gasteiger partial charge in [0.05, 0.1) is 19.0 Å². The molecule has 1 heterocycles. The lowest BCUT2D eigenvalue weighted by atomic mass is 10.1. The first kappa shape index (κ1) is 15.5. The number of nitrogens with one attached hydrogen (secondary N) is 1. The van der Waals surface area contributed by atoms with Gasteiger partial charge in [-0.25, -0.2) is 0 Å². The number of azo groups is 1. The van der Waals surface area contributed by atoms with E-state index in [4.69, 9.17) is 4.74 Å². The van der Waals surface area contributed by atoms with Gasteiger partial charge >= 0.3 is 0 Å². The molecular formula is C17H15N3O4. The Morgan fingerprint density at radius 1 is 1.17 bits per heavy atom. The van der Waals surface area contributed by atoms with Crippen LogP contribution in [0, 0.1) is 0 Å². The molecule has 0 aliphatic rings. The summed E-state index contributed by atoms with van der Waals surface area (Å²) in [6, 6.07) is 11.5. The van der Waals surface area contributed by atoms with Crippen LogP contribution in [0.3, 0.4) is 0 Å². The van der Waals surface area contributed by atoms with Gasteiger partial charge in [0.1, 0.15) is 11.5 Å². The molecule has 1 amide bonds. The third-order valence-corrected chi connectivity index (χ3v) is 3.51. The highest BCUT2D eigenvalue weighted by Gasteiger charge is 2.12. The third kappa shape index (κ3) is 3.19. The summed E-state index contributed by atoms with van der Waals surface area (Å²) < 4.78 is 5.15. The van der Waals surface area contributed by atoms with Crippen molar-refractivity contribution in [3.8, 4) is 17.4 Å². The highest BCUT2D eigenvalue weighted by atomic mass is 16.5. The van der Waals surface area contributed by atoms with E-state index < -0.39 is 5.91 Å². The van der Waals surface area contributed by atoms with Crippen LogP contribution in [0.2, 0.25) is 0 Å². The zero-order valence-corrected chi connectivity index (χ0v) is 12.9. The number of ether oxygens (including phenoxy) is 1. The summed E-state index contributed by atoms with van der Waals surface area (Å²) in [5.41, 5.74) is 1.55. The number of amides is 1. The summed E-state index contributed by atoms with van der Waals surface area (Å²) in [5, 5.41) is 27.3. The Bertz CT molecular complexity index is 913. The van der Waals surface area contributed by atoms with Gasteiger partial charge in [-0.2, -0.15) is 0 Å². The number of nitrogens with zero attached hydrogens (tertiary/aromatic N) is 2. The Morgan fingerprint density at radius 2 is 1.92 bits per heavy atom. The van der Waals surface area contributed by atoms with Crippen molar-refractivity contribution in [2.24, 2.45) is 10.2 Å². The van der Waals surface area contributed by atoms with E-state index in [0.717, 1.165) is 0 Å². The maximum Gasteiger partial charge on any atom is 0.269 e. The van der Waals surface area contributed by atoms with E-state index in [2.05, 4.69) is 15.2 Å². The van der Waals surface area contributed by atoms with Crippen LogP contribution >= 0.6 is 0 Å². The summed E-state index contributed by atoms with van der Waals surface area (Å²) in [7, 11) is 1.54. The molecule has 3 rings (SSSR count). The fraction of sp³-hybridized carbons (Fsp3) is 0.118. The largest absolute Gasteiger partial charge is 0.508 e. The molecule has 0 aliphatic carbocycles.